The van der Waals surface area contributed by atoms with Crippen LogP contribution in [0.5, 0.6) is 0 Å². The second kappa shape index (κ2) is 7.05. The van der Waals surface area contributed by atoms with Crippen molar-refractivity contribution in [3.8, 4) is 0 Å². The molecule has 0 aliphatic carbocycles. The first-order chi connectivity index (χ1) is 10.7. The SMILES string of the molecule is O=C(Cl)CN(c1cc(Cl)ccc1Cl)S(=O)(=O)c1ccc(F)cc1. The number of carbonyl (C=O) groups is 1. The van der Waals surface area contributed by atoms with Gasteiger partial charge in [0.05, 0.1) is 15.6 Å². The van der Waals surface area contributed by atoms with Crippen LogP contribution in [0.1, 0.15) is 0 Å². The van der Waals surface area contributed by atoms with Crippen molar-refractivity contribution < 1.29 is 17.6 Å². The molecule has 9 heteroatoms. The van der Waals surface area contributed by atoms with Gasteiger partial charge in [-0.2, -0.15) is 0 Å². The number of hydrogen-bond acceptors (Lipinski definition) is 3. The molecule has 0 aliphatic rings. The minimum atomic E-state index is -4.19. The topological polar surface area (TPSA) is 54.5 Å². The first-order valence-corrected chi connectivity index (χ1v) is 8.71. The fourth-order valence-corrected chi connectivity index (χ4v) is 3.88. The third-order valence-electron chi connectivity index (χ3n) is 2.85. The first-order valence-electron chi connectivity index (χ1n) is 6.13. The molecule has 0 N–H and O–H groups in total. The molecule has 0 spiro atoms. The Labute approximate surface area is 147 Å². The summed E-state index contributed by atoms with van der Waals surface area (Å²) in [6.07, 6.45) is 0. The lowest BCUT2D eigenvalue weighted by atomic mass is 10.3. The van der Waals surface area contributed by atoms with Crippen molar-refractivity contribution in [2.45, 2.75) is 4.90 Å². The highest BCUT2D eigenvalue weighted by Gasteiger charge is 2.28. The van der Waals surface area contributed by atoms with Crippen molar-refractivity contribution in [1.82, 2.24) is 0 Å². The van der Waals surface area contributed by atoms with Gasteiger partial charge in [-0.1, -0.05) is 23.2 Å². The molecule has 0 atom stereocenters. The highest BCUT2D eigenvalue weighted by Crippen LogP contribution is 2.33. The lowest BCUT2D eigenvalue weighted by Crippen LogP contribution is -2.34. The molecule has 0 unspecified atom stereocenters. The third kappa shape index (κ3) is 4.14. The summed E-state index contributed by atoms with van der Waals surface area (Å²) in [6, 6.07) is 8.30. The summed E-state index contributed by atoms with van der Waals surface area (Å²) < 4.78 is 39.2. The molecule has 0 bridgehead atoms. The van der Waals surface area contributed by atoms with Crippen molar-refractivity contribution in [2.24, 2.45) is 0 Å². The van der Waals surface area contributed by atoms with Gasteiger partial charge in [-0.25, -0.2) is 12.8 Å². The number of rotatable bonds is 5. The molecule has 0 aliphatic heterocycles. The maximum Gasteiger partial charge on any atom is 0.264 e. The molecule has 23 heavy (non-hydrogen) atoms. The van der Waals surface area contributed by atoms with Crippen LogP contribution < -0.4 is 4.31 Å². The Hall–Kier alpha value is -1.34. The summed E-state index contributed by atoms with van der Waals surface area (Å²) in [5, 5.41) is -0.615. The lowest BCUT2D eigenvalue weighted by molar-refractivity contribution is -0.110. The van der Waals surface area contributed by atoms with Crippen LogP contribution in [0.2, 0.25) is 10.0 Å². The van der Waals surface area contributed by atoms with Crippen LogP contribution in [0, 0.1) is 5.82 Å². The Morgan fingerprint density at radius 3 is 2.26 bits per heavy atom. The second-order valence-corrected chi connectivity index (χ2v) is 7.54. The van der Waals surface area contributed by atoms with Gasteiger partial charge in [-0.05, 0) is 54.1 Å². The lowest BCUT2D eigenvalue weighted by Gasteiger charge is -2.24. The third-order valence-corrected chi connectivity index (χ3v) is 5.29. The van der Waals surface area contributed by atoms with Crippen LogP contribution in [0.3, 0.4) is 0 Å². The molecule has 4 nitrogen and oxygen atoms in total. The Balaban J connectivity index is 2.60. The van der Waals surface area contributed by atoms with E-state index in [1.54, 1.807) is 0 Å². The average molecular weight is 397 g/mol. The highest BCUT2D eigenvalue weighted by atomic mass is 35.5. The molecule has 0 amide bonds. The van der Waals surface area contributed by atoms with E-state index in [2.05, 4.69) is 0 Å². The van der Waals surface area contributed by atoms with Crippen molar-refractivity contribution >= 4 is 55.8 Å². The molecule has 2 aromatic rings. The molecule has 0 saturated heterocycles. The number of carbonyl (C=O) groups excluding carboxylic acids is 1. The second-order valence-electron chi connectivity index (χ2n) is 4.42. The number of anilines is 1. The van der Waals surface area contributed by atoms with E-state index in [0.717, 1.165) is 28.6 Å². The van der Waals surface area contributed by atoms with Gasteiger partial charge >= 0.3 is 0 Å². The van der Waals surface area contributed by atoms with E-state index < -0.39 is 27.6 Å². The highest BCUT2D eigenvalue weighted by molar-refractivity contribution is 7.92. The molecule has 0 aromatic heterocycles. The minimum absolute atomic E-state index is 0.00232. The van der Waals surface area contributed by atoms with E-state index in [9.17, 15) is 17.6 Å². The summed E-state index contributed by atoms with van der Waals surface area (Å²) in [7, 11) is -4.19. The number of benzene rings is 2. The van der Waals surface area contributed by atoms with Crippen molar-refractivity contribution in [1.29, 1.82) is 0 Å². The van der Waals surface area contributed by atoms with E-state index >= 15 is 0 Å². The van der Waals surface area contributed by atoms with E-state index in [1.807, 2.05) is 0 Å². The van der Waals surface area contributed by atoms with Gasteiger partial charge in [-0.3, -0.25) is 9.10 Å². The van der Waals surface area contributed by atoms with Crippen LogP contribution in [0.25, 0.3) is 0 Å². The fraction of sp³-hybridized carbons (Fsp3) is 0.0714. The van der Waals surface area contributed by atoms with Crippen LogP contribution >= 0.6 is 34.8 Å². The Morgan fingerprint density at radius 1 is 1.09 bits per heavy atom. The first kappa shape index (κ1) is 18.0. The molecule has 0 saturated carbocycles. The molecular weight excluding hydrogens is 388 g/mol. The number of nitrogens with zero attached hydrogens (tertiary/aromatic N) is 1. The van der Waals surface area contributed by atoms with Crippen molar-refractivity contribution in [2.75, 3.05) is 10.8 Å². The summed E-state index contributed by atoms with van der Waals surface area (Å²) in [5.41, 5.74) is -0.00232. The molecule has 0 fully saturated rings. The normalized spacial score (nSPS) is 11.3. The number of hydrogen-bond donors (Lipinski definition) is 0. The standard InChI is InChI=1S/C14H9Cl3FNO3S/c15-9-1-6-12(16)13(7-9)19(8-14(17)20)23(21,22)11-4-2-10(18)3-5-11/h1-7H,8H2. The summed E-state index contributed by atoms with van der Waals surface area (Å²) >= 11 is 17.2. The number of sulfonamides is 1. The Kier molecular flexibility index (Phi) is 5.52. The summed E-state index contributed by atoms with van der Waals surface area (Å²) in [6.45, 7) is -0.651. The van der Waals surface area contributed by atoms with Gasteiger partial charge in [0.25, 0.3) is 10.0 Å². The zero-order valence-electron chi connectivity index (χ0n) is 11.3. The van der Waals surface area contributed by atoms with E-state index in [1.165, 1.54) is 18.2 Å². The fourth-order valence-electron chi connectivity index (χ4n) is 1.82. The minimum Gasteiger partial charge on any atom is -0.279 e. The van der Waals surface area contributed by atoms with Gasteiger partial charge in [0.2, 0.25) is 5.24 Å². The predicted octanol–water partition coefficient (Wildman–Crippen LogP) is 4.09. The molecule has 2 rings (SSSR count). The van der Waals surface area contributed by atoms with E-state index in [0.29, 0.717) is 0 Å². The molecule has 122 valence electrons. The van der Waals surface area contributed by atoms with Gasteiger partial charge in [0.1, 0.15) is 12.4 Å². The summed E-state index contributed by atoms with van der Waals surface area (Å²) in [4.78, 5) is 11.1. The Morgan fingerprint density at radius 2 is 1.70 bits per heavy atom. The molecule has 2 aromatic carbocycles. The smallest absolute Gasteiger partial charge is 0.264 e. The van der Waals surface area contributed by atoms with E-state index in [4.69, 9.17) is 34.8 Å². The number of halogens is 4. The monoisotopic (exact) mass is 395 g/mol. The van der Waals surface area contributed by atoms with Crippen LogP contribution in [0.4, 0.5) is 10.1 Å². The Bertz CT molecular complexity index is 841. The average Bonchev–Trinajstić information content (AvgIpc) is 2.47. The van der Waals surface area contributed by atoms with Gasteiger partial charge in [0.15, 0.2) is 0 Å². The van der Waals surface area contributed by atoms with Crippen LogP contribution in [0.15, 0.2) is 47.4 Å². The predicted molar refractivity (Wildman–Crippen MR) is 88.3 cm³/mol. The van der Waals surface area contributed by atoms with E-state index in [-0.39, 0.29) is 20.6 Å². The van der Waals surface area contributed by atoms with Crippen molar-refractivity contribution in [3.63, 3.8) is 0 Å². The van der Waals surface area contributed by atoms with Crippen LogP contribution in [-0.4, -0.2) is 20.2 Å². The molecule has 0 radical (unpaired) electrons. The largest absolute Gasteiger partial charge is 0.279 e. The maximum absolute atomic E-state index is 13.0. The van der Waals surface area contributed by atoms with Gasteiger partial charge in [0, 0.05) is 5.02 Å². The van der Waals surface area contributed by atoms with Gasteiger partial charge < -0.3 is 0 Å². The molecular formula is C14H9Cl3FNO3S. The maximum atomic E-state index is 13.0. The summed E-state index contributed by atoms with van der Waals surface area (Å²) in [5.74, 6) is -0.593. The van der Waals surface area contributed by atoms with Crippen molar-refractivity contribution in [3.05, 3.63) is 58.3 Å². The molecule has 0 heterocycles. The zero-order valence-corrected chi connectivity index (χ0v) is 14.4. The van der Waals surface area contributed by atoms with Crippen LogP contribution in [-0.2, 0) is 14.8 Å². The quantitative estimate of drug-likeness (QED) is 0.715. The zero-order chi connectivity index (χ0) is 17.2. The van der Waals surface area contributed by atoms with Gasteiger partial charge in [-0.15, -0.1) is 0 Å².